The van der Waals surface area contributed by atoms with Gasteiger partial charge < -0.3 is 10.1 Å². The van der Waals surface area contributed by atoms with Crippen LogP contribution < -0.4 is 14.4 Å². The number of anilines is 2. The van der Waals surface area contributed by atoms with Gasteiger partial charge in [-0.25, -0.2) is 12.8 Å². The lowest BCUT2D eigenvalue weighted by atomic mass is 10.2. The summed E-state index contributed by atoms with van der Waals surface area (Å²) >= 11 is 0. The molecular weight excluding hydrogens is 419 g/mol. The van der Waals surface area contributed by atoms with Crippen molar-refractivity contribution >= 4 is 27.3 Å². The molecule has 6 nitrogen and oxygen atoms in total. The van der Waals surface area contributed by atoms with E-state index in [1.165, 1.54) is 25.1 Å². The van der Waals surface area contributed by atoms with Crippen LogP contribution in [0.2, 0.25) is 0 Å². The number of ether oxygens (including phenoxy) is 1. The van der Waals surface area contributed by atoms with Gasteiger partial charge in [-0.1, -0.05) is 36.4 Å². The molecule has 3 rings (SSSR count). The minimum Gasteiger partial charge on any atom is -0.489 e. The number of benzene rings is 3. The second-order valence-electron chi connectivity index (χ2n) is 7.00. The second-order valence-corrected chi connectivity index (χ2v) is 8.86. The molecule has 0 aliphatic heterocycles. The first-order valence-corrected chi connectivity index (χ1v) is 11.4. The van der Waals surface area contributed by atoms with Crippen LogP contribution in [0.4, 0.5) is 15.8 Å². The van der Waals surface area contributed by atoms with Crippen LogP contribution in [-0.4, -0.2) is 26.6 Å². The highest BCUT2D eigenvalue weighted by Crippen LogP contribution is 2.23. The summed E-state index contributed by atoms with van der Waals surface area (Å²) in [6.45, 7) is 1.86. The Morgan fingerprint density at radius 1 is 1.03 bits per heavy atom. The number of rotatable bonds is 8. The summed E-state index contributed by atoms with van der Waals surface area (Å²) in [7, 11) is -3.83. The van der Waals surface area contributed by atoms with Gasteiger partial charge in [0.2, 0.25) is 15.9 Å². The second kappa shape index (κ2) is 9.61. The maximum Gasteiger partial charge on any atom is 0.247 e. The Balaban J connectivity index is 1.67. The van der Waals surface area contributed by atoms with Gasteiger partial charge in [0.25, 0.3) is 0 Å². The fourth-order valence-electron chi connectivity index (χ4n) is 3.04. The predicted molar refractivity (Wildman–Crippen MR) is 119 cm³/mol. The zero-order valence-corrected chi connectivity index (χ0v) is 18.0. The molecule has 1 unspecified atom stereocenters. The molecular formula is C23H23FN2O4S. The van der Waals surface area contributed by atoms with Gasteiger partial charge in [0.15, 0.2) is 0 Å². The highest BCUT2D eigenvalue weighted by atomic mass is 32.2. The van der Waals surface area contributed by atoms with E-state index < -0.39 is 27.8 Å². The Morgan fingerprint density at radius 3 is 2.32 bits per heavy atom. The van der Waals surface area contributed by atoms with E-state index in [2.05, 4.69) is 5.32 Å². The summed E-state index contributed by atoms with van der Waals surface area (Å²) in [6, 6.07) is 20.5. The lowest BCUT2D eigenvalue weighted by Gasteiger charge is -2.28. The van der Waals surface area contributed by atoms with E-state index in [0.29, 0.717) is 18.0 Å². The molecule has 0 aliphatic rings. The van der Waals surface area contributed by atoms with Crippen LogP contribution in [0.15, 0.2) is 78.9 Å². The molecule has 0 bridgehead atoms. The molecule has 3 aromatic rings. The van der Waals surface area contributed by atoms with E-state index in [-0.39, 0.29) is 5.69 Å². The fourth-order valence-corrected chi connectivity index (χ4v) is 4.21. The molecule has 1 amide bonds. The first-order chi connectivity index (χ1) is 14.7. The summed E-state index contributed by atoms with van der Waals surface area (Å²) in [4.78, 5) is 12.7. The Hall–Kier alpha value is -3.39. The van der Waals surface area contributed by atoms with Crippen molar-refractivity contribution < 1.29 is 22.3 Å². The minimum absolute atomic E-state index is 0.0785. The van der Waals surface area contributed by atoms with Crippen molar-refractivity contribution in [2.45, 2.75) is 19.6 Å². The van der Waals surface area contributed by atoms with E-state index in [4.69, 9.17) is 4.74 Å². The van der Waals surface area contributed by atoms with Crippen LogP contribution in [0.1, 0.15) is 12.5 Å². The molecule has 31 heavy (non-hydrogen) atoms. The number of nitrogens with one attached hydrogen (secondary N) is 1. The smallest absolute Gasteiger partial charge is 0.247 e. The summed E-state index contributed by atoms with van der Waals surface area (Å²) in [5.74, 6) is -0.509. The lowest BCUT2D eigenvalue weighted by molar-refractivity contribution is -0.116. The van der Waals surface area contributed by atoms with Crippen molar-refractivity contribution in [1.29, 1.82) is 0 Å². The first kappa shape index (κ1) is 22.3. The molecule has 0 saturated heterocycles. The monoisotopic (exact) mass is 442 g/mol. The van der Waals surface area contributed by atoms with Gasteiger partial charge in [-0.3, -0.25) is 9.10 Å². The van der Waals surface area contributed by atoms with Gasteiger partial charge in [0.05, 0.1) is 11.9 Å². The maximum absolute atomic E-state index is 13.6. The predicted octanol–water partition coefficient (Wildman–Crippen LogP) is 4.20. The number of carbonyl (C=O) groups excluding carboxylic acids is 1. The first-order valence-electron chi connectivity index (χ1n) is 9.56. The van der Waals surface area contributed by atoms with E-state index in [0.717, 1.165) is 22.2 Å². The van der Waals surface area contributed by atoms with Gasteiger partial charge in [-0.2, -0.15) is 0 Å². The van der Waals surface area contributed by atoms with Crippen LogP contribution in [-0.2, 0) is 21.4 Å². The Labute approximate surface area is 181 Å². The average molecular weight is 443 g/mol. The number of halogens is 1. The van der Waals surface area contributed by atoms with Gasteiger partial charge in [-0.15, -0.1) is 0 Å². The molecule has 3 aromatic carbocycles. The normalized spacial score (nSPS) is 12.1. The van der Waals surface area contributed by atoms with Crippen molar-refractivity contribution in [1.82, 2.24) is 0 Å². The standard InChI is InChI=1S/C23H23FN2O4S/c1-17(26(31(2,28)29)21-10-6-9-19(24)15-21)23(27)25-20-11-13-22(14-12-20)30-16-18-7-4-3-5-8-18/h3-15,17H,16H2,1-2H3,(H,25,27). The molecule has 1 atom stereocenters. The number of hydrogen-bond acceptors (Lipinski definition) is 4. The Morgan fingerprint density at radius 2 is 1.71 bits per heavy atom. The van der Waals surface area contributed by atoms with Crippen molar-refractivity contribution in [2.24, 2.45) is 0 Å². The van der Waals surface area contributed by atoms with Crippen molar-refractivity contribution in [2.75, 3.05) is 15.9 Å². The highest BCUT2D eigenvalue weighted by Gasteiger charge is 2.29. The number of carbonyl (C=O) groups is 1. The lowest BCUT2D eigenvalue weighted by Crippen LogP contribution is -2.45. The van der Waals surface area contributed by atoms with Crippen molar-refractivity contribution in [3.05, 3.63) is 90.2 Å². The largest absolute Gasteiger partial charge is 0.489 e. The Bertz CT molecular complexity index is 1140. The molecule has 0 aliphatic carbocycles. The SMILES string of the molecule is CC(C(=O)Nc1ccc(OCc2ccccc2)cc1)N(c1cccc(F)c1)S(C)(=O)=O. The van der Waals surface area contributed by atoms with Gasteiger partial charge in [0.1, 0.15) is 24.2 Å². The molecule has 0 fully saturated rings. The van der Waals surface area contributed by atoms with Crippen LogP contribution in [0.3, 0.4) is 0 Å². The minimum atomic E-state index is -3.83. The zero-order valence-electron chi connectivity index (χ0n) is 17.2. The van der Waals surface area contributed by atoms with Crippen LogP contribution in [0, 0.1) is 5.82 Å². The van der Waals surface area contributed by atoms with E-state index >= 15 is 0 Å². The van der Waals surface area contributed by atoms with Crippen LogP contribution in [0.25, 0.3) is 0 Å². The van der Waals surface area contributed by atoms with Crippen LogP contribution >= 0.6 is 0 Å². The maximum atomic E-state index is 13.6. The molecule has 0 radical (unpaired) electrons. The van der Waals surface area contributed by atoms with Crippen molar-refractivity contribution in [3.8, 4) is 5.75 Å². The molecule has 0 aromatic heterocycles. The summed E-state index contributed by atoms with van der Waals surface area (Å²) in [5, 5.41) is 2.69. The number of nitrogens with zero attached hydrogens (tertiary/aromatic N) is 1. The van der Waals surface area contributed by atoms with Gasteiger partial charge in [-0.05, 0) is 55.0 Å². The molecule has 1 N–H and O–H groups in total. The topological polar surface area (TPSA) is 75.7 Å². The molecule has 0 spiro atoms. The van der Waals surface area contributed by atoms with Crippen molar-refractivity contribution in [3.63, 3.8) is 0 Å². The summed E-state index contributed by atoms with van der Waals surface area (Å²) in [5.41, 5.74) is 1.60. The highest BCUT2D eigenvalue weighted by molar-refractivity contribution is 7.92. The number of hydrogen-bond donors (Lipinski definition) is 1. The van der Waals surface area contributed by atoms with Gasteiger partial charge in [0, 0.05) is 5.69 Å². The third-order valence-electron chi connectivity index (χ3n) is 4.52. The van der Waals surface area contributed by atoms with E-state index in [9.17, 15) is 17.6 Å². The third-order valence-corrected chi connectivity index (χ3v) is 5.76. The molecule has 0 heterocycles. The zero-order chi connectivity index (χ0) is 22.4. The fraction of sp³-hybridized carbons (Fsp3) is 0.174. The quantitative estimate of drug-likeness (QED) is 0.567. The van der Waals surface area contributed by atoms with Gasteiger partial charge >= 0.3 is 0 Å². The number of amides is 1. The van der Waals surface area contributed by atoms with E-state index in [1.54, 1.807) is 24.3 Å². The van der Waals surface area contributed by atoms with Crippen LogP contribution in [0.5, 0.6) is 5.75 Å². The molecule has 0 saturated carbocycles. The number of sulfonamides is 1. The average Bonchev–Trinajstić information content (AvgIpc) is 2.73. The summed E-state index contributed by atoms with van der Waals surface area (Å²) < 4.78 is 44.8. The molecule has 8 heteroatoms. The summed E-state index contributed by atoms with van der Waals surface area (Å²) in [6.07, 6.45) is 0.973. The Kier molecular flexibility index (Phi) is 6.91. The third kappa shape index (κ3) is 6.05. The van der Waals surface area contributed by atoms with E-state index in [1.807, 2.05) is 30.3 Å². The molecule has 162 valence electrons.